The second kappa shape index (κ2) is 5.00. The van der Waals surface area contributed by atoms with Gasteiger partial charge in [-0.05, 0) is 32.4 Å². The van der Waals surface area contributed by atoms with Gasteiger partial charge in [-0.15, -0.1) is 0 Å². The molecule has 4 heteroatoms. The zero-order valence-corrected chi connectivity index (χ0v) is 10.8. The lowest BCUT2D eigenvalue weighted by Gasteiger charge is -2.11. The monoisotopic (exact) mass is 235 g/mol. The molecule has 1 aliphatic heterocycles. The van der Waals surface area contributed by atoms with Crippen LogP contribution in [-0.2, 0) is 11.2 Å². The van der Waals surface area contributed by atoms with Gasteiger partial charge in [-0.25, -0.2) is 0 Å². The predicted octanol–water partition coefficient (Wildman–Crippen LogP) is 1.43. The molecule has 1 aromatic heterocycles. The molecule has 2 heterocycles. The Morgan fingerprint density at radius 2 is 2.35 bits per heavy atom. The molecule has 1 N–H and O–H groups in total. The number of carbonyl (C=O) groups excluding carboxylic acids is 1. The Labute approximate surface area is 102 Å². The molecule has 1 aliphatic rings. The first-order valence-corrected chi connectivity index (χ1v) is 6.35. The quantitative estimate of drug-likeness (QED) is 0.859. The summed E-state index contributed by atoms with van der Waals surface area (Å²) in [7, 11) is 0. The maximum absolute atomic E-state index is 12.1. The van der Waals surface area contributed by atoms with Crippen LogP contribution in [0.4, 0.5) is 0 Å². The zero-order valence-electron chi connectivity index (χ0n) is 10.8. The van der Waals surface area contributed by atoms with Crippen molar-refractivity contribution in [3.63, 3.8) is 0 Å². The van der Waals surface area contributed by atoms with E-state index in [9.17, 15) is 4.79 Å². The summed E-state index contributed by atoms with van der Waals surface area (Å²) in [6, 6.07) is 2.30. The van der Waals surface area contributed by atoms with E-state index in [-0.39, 0.29) is 5.92 Å². The van der Waals surface area contributed by atoms with E-state index in [0.717, 1.165) is 18.8 Å². The van der Waals surface area contributed by atoms with Gasteiger partial charge in [0.2, 0.25) is 0 Å². The highest BCUT2D eigenvalue weighted by atomic mass is 16.1. The van der Waals surface area contributed by atoms with Crippen LogP contribution in [0.5, 0.6) is 0 Å². The van der Waals surface area contributed by atoms with Crippen LogP contribution in [-0.4, -0.2) is 28.7 Å². The molecule has 0 amide bonds. The van der Waals surface area contributed by atoms with Crippen LogP contribution in [0.15, 0.2) is 12.3 Å². The van der Waals surface area contributed by atoms with E-state index in [4.69, 9.17) is 0 Å². The van der Waals surface area contributed by atoms with Gasteiger partial charge < -0.3 is 5.32 Å². The highest BCUT2D eigenvalue weighted by molar-refractivity contribution is 5.83. The summed E-state index contributed by atoms with van der Waals surface area (Å²) < 4.78 is 1.90. The number of Topliss-reactive ketones (excluding diaryl/α,β-unsaturated/α-hetero) is 1. The molecule has 0 spiro atoms. The molecule has 94 valence electrons. The number of nitrogens with zero attached hydrogens (tertiary/aromatic N) is 2. The summed E-state index contributed by atoms with van der Waals surface area (Å²) in [4.78, 5) is 12.1. The molecule has 17 heavy (non-hydrogen) atoms. The largest absolute Gasteiger partial charge is 0.316 e. The maximum atomic E-state index is 12.1. The topological polar surface area (TPSA) is 46.9 Å². The minimum absolute atomic E-state index is 0.166. The van der Waals surface area contributed by atoms with E-state index in [0.29, 0.717) is 24.2 Å². The van der Waals surface area contributed by atoms with Gasteiger partial charge in [-0.3, -0.25) is 9.48 Å². The van der Waals surface area contributed by atoms with Crippen molar-refractivity contribution in [3.05, 3.63) is 18.0 Å². The first kappa shape index (κ1) is 12.3. The van der Waals surface area contributed by atoms with Gasteiger partial charge in [-0.2, -0.15) is 5.10 Å². The van der Waals surface area contributed by atoms with Crippen LogP contribution in [0.1, 0.15) is 32.5 Å². The Bertz CT molecular complexity index is 397. The first-order chi connectivity index (χ1) is 8.08. The minimum atomic E-state index is 0.166. The second-order valence-electron chi connectivity index (χ2n) is 5.27. The van der Waals surface area contributed by atoms with Crippen LogP contribution in [0.2, 0.25) is 0 Å². The summed E-state index contributed by atoms with van der Waals surface area (Å²) in [6.45, 7) is 8.08. The molecule has 2 rings (SSSR count). The molecule has 2 atom stereocenters. The Kier molecular flexibility index (Phi) is 3.62. The molecule has 0 bridgehead atoms. The normalized spacial score (nSPS) is 24.5. The standard InChI is InChI=1S/C13H21N3O/c1-9(2)16-5-4-11(15-16)6-13(17)12-8-14-7-10(12)3/h4-5,9-10,12,14H,6-8H2,1-3H3. The molecule has 0 aromatic carbocycles. The molecule has 2 unspecified atom stereocenters. The van der Waals surface area contributed by atoms with Crippen LogP contribution >= 0.6 is 0 Å². The molecule has 4 nitrogen and oxygen atoms in total. The van der Waals surface area contributed by atoms with E-state index in [1.807, 2.05) is 16.9 Å². The van der Waals surface area contributed by atoms with Crippen molar-refractivity contribution in [1.29, 1.82) is 0 Å². The molecular formula is C13H21N3O. The zero-order chi connectivity index (χ0) is 12.4. The van der Waals surface area contributed by atoms with Crippen molar-refractivity contribution in [1.82, 2.24) is 15.1 Å². The van der Waals surface area contributed by atoms with Crippen molar-refractivity contribution in [2.45, 2.75) is 33.2 Å². The van der Waals surface area contributed by atoms with E-state index >= 15 is 0 Å². The summed E-state index contributed by atoms with van der Waals surface area (Å²) >= 11 is 0. The fourth-order valence-electron chi connectivity index (χ4n) is 2.31. The van der Waals surface area contributed by atoms with Gasteiger partial charge in [-0.1, -0.05) is 6.92 Å². The Morgan fingerprint density at radius 1 is 1.59 bits per heavy atom. The van der Waals surface area contributed by atoms with E-state index in [2.05, 4.69) is 31.2 Å². The average Bonchev–Trinajstić information content (AvgIpc) is 2.86. The van der Waals surface area contributed by atoms with E-state index in [1.54, 1.807) is 0 Å². The smallest absolute Gasteiger partial charge is 0.143 e. The third-order valence-corrected chi connectivity index (χ3v) is 3.48. The summed E-state index contributed by atoms with van der Waals surface area (Å²) in [5, 5.41) is 7.69. The van der Waals surface area contributed by atoms with Crippen LogP contribution in [0.3, 0.4) is 0 Å². The molecule has 0 aliphatic carbocycles. The van der Waals surface area contributed by atoms with Crippen LogP contribution < -0.4 is 5.32 Å². The van der Waals surface area contributed by atoms with Crippen molar-refractivity contribution in [2.75, 3.05) is 13.1 Å². The highest BCUT2D eigenvalue weighted by Crippen LogP contribution is 2.18. The molecule has 0 radical (unpaired) electrons. The average molecular weight is 235 g/mol. The van der Waals surface area contributed by atoms with Crippen molar-refractivity contribution >= 4 is 5.78 Å². The maximum Gasteiger partial charge on any atom is 0.143 e. The third-order valence-electron chi connectivity index (χ3n) is 3.48. The molecular weight excluding hydrogens is 214 g/mol. The predicted molar refractivity (Wildman–Crippen MR) is 66.8 cm³/mol. The Balaban J connectivity index is 1.97. The Morgan fingerprint density at radius 3 is 2.88 bits per heavy atom. The Hall–Kier alpha value is -1.16. The lowest BCUT2D eigenvalue weighted by Crippen LogP contribution is -2.23. The number of rotatable bonds is 4. The molecule has 0 saturated carbocycles. The van der Waals surface area contributed by atoms with Gasteiger partial charge >= 0.3 is 0 Å². The number of carbonyl (C=O) groups is 1. The van der Waals surface area contributed by atoms with Gasteiger partial charge in [0.05, 0.1) is 12.1 Å². The number of nitrogens with one attached hydrogen (secondary N) is 1. The van der Waals surface area contributed by atoms with Crippen molar-refractivity contribution in [3.8, 4) is 0 Å². The van der Waals surface area contributed by atoms with Gasteiger partial charge in [0, 0.05) is 24.7 Å². The first-order valence-electron chi connectivity index (χ1n) is 6.35. The number of ketones is 1. The lowest BCUT2D eigenvalue weighted by atomic mass is 9.91. The fraction of sp³-hybridized carbons (Fsp3) is 0.692. The molecule has 1 aromatic rings. The summed E-state index contributed by atoms with van der Waals surface area (Å²) in [5.41, 5.74) is 0.891. The lowest BCUT2D eigenvalue weighted by molar-refractivity contribution is -0.122. The third kappa shape index (κ3) is 2.75. The van der Waals surface area contributed by atoms with E-state index in [1.165, 1.54) is 0 Å². The van der Waals surface area contributed by atoms with Crippen molar-refractivity contribution in [2.24, 2.45) is 11.8 Å². The van der Waals surface area contributed by atoms with Crippen LogP contribution in [0, 0.1) is 11.8 Å². The number of hydrogen-bond acceptors (Lipinski definition) is 3. The van der Waals surface area contributed by atoms with Crippen LogP contribution in [0.25, 0.3) is 0 Å². The SMILES string of the molecule is CC1CNCC1C(=O)Cc1ccn(C(C)C)n1. The van der Waals surface area contributed by atoms with E-state index < -0.39 is 0 Å². The van der Waals surface area contributed by atoms with Gasteiger partial charge in [0.25, 0.3) is 0 Å². The minimum Gasteiger partial charge on any atom is -0.316 e. The van der Waals surface area contributed by atoms with Gasteiger partial charge in [0.15, 0.2) is 0 Å². The summed E-state index contributed by atoms with van der Waals surface area (Å²) in [6.07, 6.45) is 2.42. The van der Waals surface area contributed by atoms with Crippen molar-refractivity contribution < 1.29 is 4.79 Å². The number of hydrogen-bond donors (Lipinski definition) is 1. The molecule has 1 saturated heterocycles. The summed E-state index contributed by atoms with van der Waals surface area (Å²) in [5.74, 6) is 0.936. The second-order valence-corrected chi connectivity index (χ2v) is 5.27. The highest BCUT2D eigenvalue weighted by Gasteiger charge is 2.29. The molecule has 1 fully saturated rings. The van der Waals surface area contributed by atoms with Gasteiger partial charge in [0.1, 0.15) is 5.78 Å². The number of aromatic nitrogens is 2. The fourth-order valence-corrected chi connectivity index (χ4v) is 2.31.